The molecule has 3 aromatic rings. The Kier molecular flexibility index (Phi) is 5.69. The molecule has 0 aromatic heterocycles. The molecule has 1 saturated heterocycles. The van der Waals surface area contributed by atoms with Crippen molar-refractivity contribution in [2.75, 3.05) is 11.9 Å². The Balaban J connectivity index is 1.65. The Labute approximate surface area is 199 Å². The lowest BCUT2D eigenvalue weighted by Gasteiger charge is -2.23. The zero-order valence-electron chi connectivity index (χ0n) is 18.1. The normalized spacial score (nSPS) is 20.5. The second-order valence-corrected chi connectivity index (χ2v) is 8.52. The molecule has 1 fully saturated rings. The summed E-state index contributed by atoms with van der Waals surface area (Å²) in [6, 6.07) is 25.1. The standard InChI is InChI=1S/C25H19N5O3S/c1-29-23(32)20(21(28-29)16-10-4-2-5-11-16)24-30(17-12-6-3-7-13-17)22(25(33)34-24)27-26-18-14-8-9-15-19(18)31/h2-15,22,31H,1H3/b24-20-,27-26?. The first-order valence-corrected chi connectivity index (χ1v) is 11.3. The van der Waals surface area contributed by atoms with E-state index in [1.807, 2.05) is 60.7 Å². The van der Waals surface area contributed by atoms with Crippen LogP contribution in [0.25, 0.3) is 0 Å². The van der Waals surface area contributed by atoms with Crippen molar-refractivity contribution in [1.82, 2.24) is 5.01 Å². The summed E-state index contributed by atoms with van der Waals surface area (Å²) >= 11 is 0.939. The van der Waals surface area contributed by atoms with Gasteiger partial charge < -0.3 is 10.0 Å². The first kappa shape index (κ1) is 21.6. The van der Waals surface area contributed by atoms with E-state index in [9.17, 15) is 14.7 Å². The van der Waals surface area contributed by atoms with Gasteiger partial charge in [-0.1, -0.05) is 60.7 Å². The first-order valence-electron chi connectivity index (χ1n) is 10.5. The van der Waals surface area contributed by atoms with E-state index in [2.05, 4.69) is 15.3 Å². The molecule has 3 aromatic carbocycles. The summed E-state index contributed by atoms with van der Waals surface area (Å²) in [5.74, 6) is -0.353. The van der Waals surface area contributed by atoms with Crippen LogP contribution in [-0.2, 0) is 9.59 Å². The van der Waals surface area contributed by atoms with Crippen LogP contribution in [0.1, 0.15) is 5.56 Å². The molecule has 34 heavy (non-hydrogen) atoms. The lowest BCUT2D eigenvalue weighted by Crippen LogP contribution is -2.32. The van der Waals surface area contributed by atoms with Crippen LogP contribution in [0, 0.1) is 0 Å². The molecule has 2 aliphatic heterocycles. The third kappa shape index (κ3) is 3.86. The third-order valence-electron chi connectivity index (χ3n) is 5.32. The Hall–Kier alpha value is -4.24. The van der Waals surface area contributed by atoms with E-state index in [0.717, 1.165) is 17.3 Å². The fraction of sp³-hybridized carbons (Fsp3) is 0.0800. The van der Waals surface area contributed by atoms with Crippen molar-refractivity contribution in [2.24, 2.45) is 15.3 Å². The maximum atomic E-state index is 13.2. The molecule has 0 aliphatic carbocycles. The second kappa shape index (κ2) is 8.95. The Morgan fingerprint density at radius 3 is 2.26 bits per heavy atom. The Bertz CT molecular complexity index is 1360. The summed E-state index contributed by atoms with van der Waals surface area (Å²) < 4.78 is 0. The van der Waals surface area contributed by atoms with Crippen molar-refractivity contribution in [3.63, 3.8) is 0 Å². The molecule has 2 aliphatic rings. The molecule has 2 heterocycles. The van der Waals surface area contributed by atoms with Gasteiger partial charge in [0.15, 0.2) is 0 Å². The van der Waals surface area contributed by atoms with E-state index in [-0.39, 0.29) is 22.5 Å². The Morgan fingerprint density at radius 2 is 1.56 bits per heavy atom. The summed E-state index contributed by atoms with van der Waals surface area (Å²) in [6.45, 7) is 0. The summed E-state index contributed by atoms with van der Waals surface area (Å²) in [5.41, 5.74) is 2.51. The number of anilines is 1. The number of azo groups is 1. The smallest absolute Gasteiger partial charge is 0.278 e. The summed E-state index contributed by atoms with van der Waals surface area (Å²) in [7, 11) is 1.59. The number of nitrogens with zero attached hydrogens (tertiary/aromatic N) is 5. The minimum atomic E-state index is -1.02. The van der Waals surface area contributed by atoms with Crippen LogP contribution in [0.5, 0.6) is 5.75 Å². The maximum absolute atomic E-state index is 13.2. The minimum Gasteiger partial charge on any atom is -0.506 e. The van der Waals surface area contributed by atoms with Gasteiger partial charge in [-0.15, -0.1) is 5.11 Å². The number of phenols is 1. The number of carbonyl (C=O) groups excluding carboxylic acids is 2. The van der Waals surface area contributed by atoms with Gasteiger partial charge in [0.25, 0.3) is 5.91 Å². The molecule has 1 N–H and O–H groups in total. The largest absolute Gasteiger partial charge is 0.506 e. The van der Waals surface area contributed by atoms with E-state index in [4.69, 9.17) is 0 Å². The molecule has 0 spiro atoms. The van der Waals surface area contributed by atoms with Gasteiger partial charge in [0.1, 0.15) is 27.8 Å². The molecule has 1 unspecified atom stereocenters. The van der Waals surface area contributed by atoms with Crippen molar-refractivity contribution in [3.05, 3.63) is 101 Å². The fourth-order valence-corrected chi connectivity index (χ4v) is 4.73. The molecule has 5 rings (SSSR count). The quantitative estimate of drug-likeness (QED) is 0.442. The number of aromatic hydroxyl groups is 1. The number of amides is 1. The lowest BCUT2D eigenvalue weighted by atomic mass is 10.0. The maximum Gasteiger partial charge on any atom is 0.278 e. The number of thioether (sulfide) groups is 1. The summed E-state index contributed by atoms with van der Waals surface area (Å²) in [5, 5.41) is 24.3. The number of hydrogen-bond donors (Lipinski definition) is 1. The molecule has 8 nitrogen and oxygen atoms in total. The zero-order valence-corrected chi connectivity index (χ0v) is 18.9. The van der Waals surface area contributed by atoms with Crippen molar-refractivity contribution >= 4 is 39.9 Å². The molecule has 1 atom stereocenters. The predicted octanol–water partition coefficient (Wildman–Crippen LogP) is 4.67. The van der Waals surface area contributed by atoms with Gasteiger partial charge >= 0.3 is 0 Å². The fourth-order valence-electron chi connectivity index (χ4n) is 3.70. The topological polar surface area (TPSA) is 97.9 Å². The van der Waals surface area contributed by atoms with Gasteiger partial charge in [-0.05, 0) is 36.0 Å². The van der Waals surface area contributed by atoms with Gasteiger partial charge in [0.05, 0.1) is 0 Å². The summed E-state index contributed by atoms with van der Waals surface area (Å²) in [4.78, 5) is 28.1. The van der Waals surface area contributed by atoms with Crippen LogP contribution in [0.4, 0.5) is 11.4 Å². The molecule has 1 amide bonds. The highest BCUT2D eigenvalue weighted by atomic mass is 32.2. The number of hydrogen-bond acceptors (Lipinski definition) is 8. The van der Waals surface area contributed by atoms with E-state index in [1.165, 1.54) is 11.1 Å². The van der Waals surface area contributed by atoms with Crippen LogP contribution >= 0.6 is 11.8 Å². The van der Waals surface area contributed by atoms with Gasteiger partial charge in [0, 0.05) is 18.3 Å². The van der Waals surface area contributed by atoms with Crippen LogP contribution < -0.4 is 4.90 Å². The van der Waals surface area contributed by atoms with Crippen molar-refractivity contribution in [3.8, 4) is 5.75 Å². The minimum absolute atomic E-state index is 0.0414. The molecule has 9 heteroatoms. The number of benzene rings is 3. The van der Waals surface area contributed by atoms with Crippen LogP contribution in [0.2, 0.25) is 0 Å². The number of para-hydroxylation sites is 2. The number of phenolic OH excluding ortho intramolecular Hbond substituents is 1. The third-order valence-corrected chi connectivity index (χ3v) is 6.32. The Morgan fingerprint density at radius 1 is 0.912 bits per heavy atom. The molecule has 0 bridgehead atoms. The van der Waals surface area contributed by atoms with E-state index in [0.29, 0.717) is 22.0 Å². The monoisotopic (exact) mass is 469 g/mol. The highest BCUT2D eigenvalue weighted by Crippen LogP contribution is 2.43. The lowest BCUT2D eigenvalue weighted by molar-refractivity contribution is -0.124. The highest BCUT2D eigenvalue weighted by Gasteiger charge is 2.44. The molecule has 168 valence electrons. The van der Waals surface area contributed by atoms with Gasteiger partial charge in [-0.2, -0.15) is 10.2 Å². The van der Waals surface area contributed by atoms with Gasteiger partial charge in [-0.3, -0.25) is 9.59 Å². The summed E-state index contributed by atoms with van der Waals surface area (Å²) in [6.07, 6.45) is -1.02. The number of hydrazone groups is 1. The average molecular weight is 470 g/mol. The molecule has 0 radical (unpaired) electrons. The van der Waals surface area contributed by atoms with E-state index < -0.39 is 6.17 Å². The number of carbonyl (C=O) groups is 2. The van der Waals surface area contributed by atoms with E-state index in [1.54, 1.807) is 30.1 Å². The zero-order chi connectivity index (χ0) is 23.7. The van der Waals surface area contributed by atoms with Crippen molar-refractivity contribution in [2.45, 2.75) is 6.17 Å². The van der Waals surface area contributed by atoms with Crippen molar-refractivity contribution < 1.29 is 14.7 Å². The van der Waals surface area contributed by atoms with Gasteiger partial charge in [0.2, 0.25) is 11.3 Å². The molecular formula is C25H19N5O3S. The van der Waals surface area contributed by atoms with E-state index >= 15 is 0 Å². The van der Waals surface area contributed by atoms with Crippen LogP contribution in [0.3, 0.4) is 0 Å². The van der Waals surface area contributed by atoms with Gasteiger partial charge in [-0.25, -0.2) is 5.01 Å². The first-order chi connectivity index (χ1) is 16.5. The molecular weight excluding hydrogens is 450 g/mol. The van der Waals surface area contributed by atoms with Crippen LogP contribution in [-0.4, -0.2) is 40.1 Å². The highest BCUT2D eigenvalue weighted by molar-refractivity contribution is 8.17. The van der Waals surface area contributed by atoms with Crippen LogP contribution in [0.15, 0.2) is 111 Å². The number of rotatable bonds is 4. The second-order valence-electron chi connectivity index (χ2n) is 7.53. The number of likely N-dealkylation sites (N-methyl/N-ethyl adjacent to an activating group) is 1. The predicted molar refractivity (Wildman–Crippen MR) is 131 cm³/mol. The molecule has 0 saturated carbocycles. The SMILES string of the molecule is CN1N=C(c2ccccc2)/C(=C2/SC(=O)C(N=Nc3ccccc3O)N2c2ccccc2)C1=O. The average Bonchev–Trinajstić information content (AvgIpc) is 3.34. The van der Waals surface area contributed by atoms with Crippen molar-refractivity contribution in [1.29, 1.82) is 0 Å².